The van der Waals surface area contributed by atoms with Crippen molar-refractivity contribution in [2.24, 2.45) is 17.3 Å². The second-order valence-corrected chi connectivity index (χ2v) is 5.82. The van der Waals surface area contributed by atoms with Crippen molar-refractivity contribution in [1.29, 1.82) is 0 Å². The first-order valence-corrected chi connectivity index (χ1v) is 5.97. The third-order valence-corrected chi connectivity index (χ3v) is 4.24. The highest BCUT2D eigenvalue weighted by Gasteiger charge is 2.50. The van der Waals surface area contributed by atoms with Crippen LogP contribution in [0.25, 0.3) is 0 Å². The molecular formula is C12H19NO. The molecule has 1 amide bonds. The van der Waals surface area contributed by atoms with Gasteiger partial charge in [0, 0.05) is 24.4 Å². The minimum absolute atomic E-state index is 0.422. The summed E-state index contributed by atoms with van der Waals surface area (Å²) in [7, 11) is 0. The molecule has 2 aliphatic carbocycles. The van der Waals surface area contributed by atoms with Crippen LogP contribution in [0, 0.1) is 17.3 Å². The van der Waals surface area contributed by atoms with Gasteiger partial charge in [-0.25, -0.2) is 0 Å². The molecule has 3 fully saturated rings. The Balaban J connectivity index is 1.57. The fraction of sp³-hybridized carbons (Fsp3) is 0.917. The number of carbonyl (C=O) groups is 1. The van der Waals surface area contributed by atoms with Gasteiger partial charge in [0.2, 0.25) is 5.91 Å². The van der Waals surface area contributed by atoms with E-state index in [1.54, 1.807) is 0 Å². The van der Waals surface area contributed by atoms with Crippen molar-refractivity contribution in [2.75, 3.05) is 13.1 Å². The summed E-state index contributed by atoms with van der Waals surface area (Å²) in [6, 6.07) is 0. The summed E-state index contributed by atoms with van der Waals surface area (Å²) in [6.07, 6.45) is 6.41. The van der Waals surface area contributed by atoms with E-state index in [4.69, 9.17) is 0 Å². The van der Waals surface area contributed by atoms with Crippen molar-refractivity contribution >= 4 is 5.91 Å². The minimum atomic E-state index is 0.422. The van der Waals surface area contributed by atoms with Crippen LogP contribution in [-0.4, -0.2) is 23.9 Å². The Hall–Kier alpha value is -0.530. The number of rotatable bonds is 1. The molecular weight excluding hydrogens is 174 g/mol. The van der Waals surface area contributed by atoms with Crippen LogP contribution in [-0.2, 0) is 4.79 Å². The molecule has 0 aromatic heterocycles. The number of hydrogen-bond donors (Lipinski definition) is 0. The molecule has 78 valence electrons. The first-order valence-electron chi connectivity index (χ1n) is 5.97. The van der Waals surface area contributed by atoms with Gasteiger partial charge in [0.15, 0.2) is 0 Å². The van der Waals surface area contributed by atoms with Gasteiger partial charge in [0.25, 0.3) is 0 Å². The van der Waals surface area contributed by atoms with E-state index in [2.05, 4.69) is 11.8 Å². The zero-order valence-corrected chi connectivity index (χ0v) is 8.96. The maximum atomic E-state index is 11.7. The summed E-state index contributed by atoms with van der Waals surface area (Å²) >= 11 is 0. The summed E-state index contributed by atoms with van der Waals surface area (Å²) < 4.78 is 0. The highest BCUT2D eigenvalue weighted by Crippen LogP contribution is 2.49. The van der Waals surface area contributed by atoms with Crippen molar-refractivity contribution in [3.8, 4) is 0 Å². The molecule has 0 N–H and O–H groups in total. The van der Waals surface area contributed by atoms with Crippen molar-refractivity contribution in [2.45, 2.75) is 39.0 Å². The molecule has 2 nitrogen and oxygen atoms in total. The molecule has 1 unspecified atom stereocenters. The standard InChI is InChI=1S/C12H19NO/c1-9-4-5-12(6-9)7-13(8-12)11(14)10-2-3-10/h9-10H,2-8H2,1H3. The SMILES string of the molecule is CC1CCC2(C1)CN(C(=O)C1CC1)C2. The predicted octanol–water partition coefficient (Wildman–Crippen LogP) is 2.04. The van der Waals surface area contributed by atoms with Crippen LogP contribution in [0.4, 0.5) is 0 Å². The average molecular weight is 193 g/mol. The van der Waals surface area contributed by atoms with E-state index in [0.29, 0.717) is 17.2 Å². The molecule has 2 heteroatoms. The third-order valence-electron chi connectivity index (χ3n) is 4.24. The number of likely N-dealkylation sites (tertiary alicyclic amines) is 1. The highest BCUT2D eigenvalue weighted by molar-refractivity contribution is 5.82. The van der Waals surface area contributed by atoms with Gasteiger partial charge >= 0.3 is 0 Å². The summed E-state index contributed by atoms with van der Waals surface area (Å²) in [5.74, 6) is 1.77. The molecule has 0 aromatic carbocycles. The van der Waals surface area contributed by atoms with E-state index in [1.165, 1.54) is 19.3 Å². The highest BCUT2D eigenvalue weighted by atomic mass is 16.2. The summed E-state index contributed by atoms with van der Waals surface area (Å²) in [6.45, 7) is 4.50. The summed E-state index contributed by atoms with van der Waals surface area (Å²) in [5, 5.41) is 0. The Morgan fingerprint density at radius 3 is 2.50 bits per heavy atom. The molecule has 0 aromatic rings. The Labute approximate surface area is 85.7 Å². The van der Waals surface area contributed by atoms with E-state index in [-0.39, 0.29) is 0 Å². The lowest BCUT2D eigenvalue weighted by atomic mass is 9.77. The van der Waals surface area contributed by atoms with E-state index in [0.717, 1.165) is 31.8 Å². The summed E-state index contributed by atoms with van der Waals surface area (Å²) in [4.78, 5) is 13.8. The maximum Gasteiger partial charge on any atom is 0.225 e. The van der Waals surface area contributed by atoms with Crippen LogP contribution in [0.5, 0.6) is 0 Å². The van der Waals surface area contributed by atoms with Gasteiger partial charge in [-0.1, -0.05) is 13.3 Å². The van der Waals surface area contributed by atoms with E-state index >= 15 is 0 Å². The molecule has 1 heterocycles. The lowest BCUT2D eigenvalue weighted by Crippen LogP contribution is -2.57. The molecule has 0 bridgehead atoms. The Bertz CT molecular complexity index is 263. The number of nitrogens with zero attached hydrogens (tertiary/aromatic N) is 1. The lowest BCUT2D eigenvalue weighted by molar-refractivity contribution is -0.144. The lowest BCUT2D eigenvalue weighted by Gasteiger charge is -2.48. The smallest absolute Gasteiger partial charge is 0.225 e. The second kappa shape index (κ2) is 2.74. The van der Waals surface area contributed by atoms with Gasteiger partial charge in [-0.15, -0.1) is 0 Å². The molecule has 14 heavy (non-hydrogen) atoms. The maximum absolute atomic E-state index is 11.7. The summed E-state index contributed by atoms with van der Waals surface area (Å²) in [5.41, 5.74) is 0.559. The fourth-order valence-electron chi connectivity index (χ4n) is 3.29. The van der Waals surface area contributed by atoms with Gasteiger partial charge in [-0.3, -0.25) is 4.79 Å². The van der Waals surface area contributed by atoms with Crippen molar-refractivity contribution < 1.29 is 4.79 Å². The topological polar surface area (TPSA) is 20.3 Å². The molecule has 3 aliphatic rings. The van der Waals surface area contributed by atoms with Gasteiger partial charge in [-0.05, 0) is 31.6 Å². The normalized spacial score (nSPS) is 34.6. The molecule has 1 atom stereocenters. The fourth-order valence-corrected chi connectivity index (χ4v) is 3.29. The second-order valence-electron chi connectivity index (χ2n) is 5.82. The quantitative estimate of drug-likeness (QED) is 0.624. The third kappa shape index (κ3) is 1.27. The van der Waals surface area contributed by atoms with Gasteiger partial charge in [0.05, 0.1) is 0 Å². The molecule has 0 radical (unpaired) electrons. The Kier molecular flexibility index (Phi) is 1.71. The van der Waals surface area contributed by atoms with Crippen LogP contribution in [0.1, 0.15) is 39.0 Å². The largest absolute Gasteiger partial charge is 0.341 e. The van der Waals surface area contributed by atoms with Crippen molar-refractivity contribution in [3.63, 3.8) is 0 Å². The zero-order valence-electron chi connectivity index (χ0n) is 8.96. The zero-order chi connectivity index (χ0) is 9.76. The van der Waals surface area contributed by atoms with E-state index in [9.17, 15) is 4.79 Å². The van der Waals surface area contributed by atoms with E-state index in [1.807, 2.05) is 0 Å². The molecule has 1 spiro atoms. The number of hydrogen-bond acceptors (Lipinski definition) is 1. The minimum Gasteiger partial charge on any atom is -0.341 e. The van der Waals surface area contributed by atoms with Crippen molar-refractivity contribution in [3.05, 3.63) is 0 Å². The first-order chi connectivity index (χ1) is 6.69. The molecule has 3 rings (SSSR count). The van der Waals surface area contributed by atoms with Gasteiger partial charge < -0.3 is 4.90 Å². The first kappa shape index (κ1) is 8.75. The number of carbonyl (C=O) groups excluding carboxylic acids is 1. The predicted molar refractivity (Wildman–Crippen MR) is 54.8 cm³/mol. The van der Waals surface area contributed by atoms with Crippen LogP contribution >= 0.6 is 0 Å². The molecule has 2 saturated carbocycles. The Morgan fingerprint density at radius 1 is 1.29 bits per heavy atom. The monoisotopic (exact) mass is 193 g/mol. The van der Waals surface area contributed by atoms with Crippen LogP contribution in [0.2, 0.25) is 0 Å². The van der Waals surface area contributed by atoms with Crippen LogP contribution in [0.15, 0.2) is 0 Å². The molecule has 1 aliphatic heterocycles. The van der Waals surface area contributed by atoms with Gasteiger partial charge in [-0.2, -0.15) is 0 Å². The average Bonchev–Trinajstić information content (AvgIpc) is 2.85. The van der Waals surface area contributed by atoms with E-state index < -0.39 is 0 Å². The Morgan fingerprint density at radius 2 is 2.00 bits per heavy atom. The number of amides is 1. The molecule has 1 saturated heterocycles. The van der Waals surface area contributed by atoms with Gasteiger partial charge in [0.1, 0.15) is 0 Å². The van der Waals surface area contributed by atoms with Crippen LogP contribution in [0.3, 0.4) is 0 Å². The van der Waals surface area contributed by atoms with Crippen LogP contribution < -0.4 is 0 Å². The van der Waals surface area contributed by atoms with Crippen molar-refractivity contribution in [1.82, 2.24) is 4.90 Å².